The van der Waals surface area contributed by atoms with Crippen molar-refractivity contribution in [3.63, 3.8) is 0 Å². The van der Waals surface area contributed by atoms with Gasteiger partial charge in [0.1, 0.15) is 17.3 Å². The van der Waals surface area contributed by atoms with Crippen LogP contribution in [0.1, 0.15) is 10.5 Å². The zero-order valence-corrected chi connectivity index (χ0v) is 14.9. The zero-order valence-electron chi connectivity index (χ0n) is 14.1. The maximum atomic E-state index is 13.3. The topological polar surface area (TPSA) is 65.4 Å². The molecule has 0 aliphatic carbocycles. The number of hydrogen-bond acceptors (Lipinski definition) is 4. The number of aromatic nitrogens is 2. The maximum absolute atomic E-state index is 13.3. The minimum atomic E-state index is -3.17. The largest absolute Gasteiger partial charge is 0.470 e. The second-order valence-corrected chi connectivity index (χ2v) is 5.80. The van der Waals surface area contributed by atoms with Gasteiger partial charge in [0.25, 0.3) is 5.91 Å². The summed E-state index contributed by atoms with van der Waals surface area (Å²) in [4.78, 5) is 12.5. The first-order chi connectivity index (χ1) is 13.4. The highest BCUT2D eigenvalue weighted by Crippen LogP contribution is 2.28. The number of carbonyl (C=O) groups is 1. The Morgan fingerprint density at radius 2 is 1.96 bits per heavy atom. The number of carbonyl (C=O) groups excluding carboxylic acids is 1. The monoisotopic (exact) mass is 411 g/mol. The molecule has 0 aliphatic heterocycles. The summed E-state index contributed by atoms with van der Waals surface area (Å²) in [6.45, 7) is -3.30. The quantitative estimate of drug-likeness (QED) is 0.618. The Bertz CT molecular complexity index is 981. The highest BCUT2D eigenvalue weighted by atomic mass is 35.5. The number of alkyl halides is 2. The lowest BCUT2D eigenvalue weighted by Crippen LogP contribution is -2.20. The van der Waals surface area contributed by atoms with Gasteiger partial charge in [-0.2, -0.15) is 13.9 Å². The van der Waals surface area contributed by atoms with Gasteiger partial charge < -0.3 is 14.8 Å². The van der Waals surface area contributed by atoms with Crippen molar-refractivity contribution in [2.45, 2.75) is 13.3 Å². The Hall–Kier alpha value is -3.20. The van der Waals surface area contributed by atoms with E-state index in [1.165, 1.54) is 16.9 Å². The van der Waals surface area contributed by atoms with Crippen LogP contribution in [0.25, 0.3) is 0 Å². The standard InChI is InChI=1S/C18H13ClF3N3O3/c19-12-3-1-2-4-15(12)27-10-25-14(7-8-23-25)17(26)24-13-6-5-11(20)9-16(13)28-18(21)22/h1-9,18H,10H2,(H,24,26). The number of rotatable bonds is 7. The molecule has 28 heavy (non-hydrogen) atoms. The summed E-state index contributed by atoms with van der Waals surface area (Å²) in [6, 6.07) is 11.0. The van der Waals surface area contributed by atoms with E-state index in [9.17, 15) is 18.0 Å². The number of nitrogens with one attached hydrogen (secondary N) is 1. The van der Waals surface area contributed by atoms with Crippen molar-refractivity contribution in [2.75, 3.05) is 5.32 Å². The van der Waals surface area contributed by atoms with E-state index in [4.69, 9.17) is 16.3 Å². The molecule has 146 valence electrons. The van der Waals surface area contributed by atoms with Gasteiger partial charge in [0, 0.05) is 12.3 Å². The minimum Gasteiger partial charge on any atom is -0.470 e. The van der Waals surface area contributed by atoms with E-state index in [1.54, 1.807) is 24.3 Å². The molecule has 3 aromatic rings. The van der Waals surface area contributed by atoms with Crippen molar-refractivity contribution in [3.8, 4) is 11.5 Å². The first-order valence-electron chi connectivity index (χ1n) is 7.89. The molecule has 0 saturated heterocycles. The fourth-order valence-corrected chi connectivity index (χ4v) is 2.49. The predicted molar refractivity (Wildman–Crippen MR) is 95.3 cm³/mol. The van der Waals surface area contributed by atoms with Gasteiger partial charge in [-0.25, -0.2) is 9.07 Å². The molecule has 1 N–H and O–H groups in total. The predicted octanol–water partition coefficient (Wildman–Crippen LogP) is 4.57. The fourth-order valence-electron chi connectivity index (χ4n) is 2.30. The lowest BCUT2D eigenvalue weighted by molar-refractivity contribution is -0.0495. The van der Waals surface area contributed by atoms with Crippen LogP contribution in [0.15, 0.2) is 54.7 Å². The van der Waals surface area contributed by atoms with E-state index < -0.39 is 24.1 Å². The molecule has 1 heterocycles. The van der Waals surface area contributed by atoms with Gasteiger partial charge in [-0.05, 0) is 30.3 Å². The first kappa shape index (κ1) is 19.6. The number of anilines is 1. The third-order valence-corrected chi connectivity index (χ3v) is 3.85. The van der Waals surface area contributed by atoms with Crippen molar-refractivity contribution in [1.82, 2.24) is 9.78 Å². The van der Waals surface area contributed by atoms with Gasteiger partial charge in [0.2, 0.25) is 0 Å². The Balaban J connectivity index is 1.74. The molecular formula is C18H13ClF3N3O3. The Morgan fingerprint density at radius 1 is 1.18 bits per heavy atom. The van der Waals surface area contributed by atoms with E-state index in [0.29, 0.717) is 10.8 Å². The summed E-state index contributed by atoms with van der Waals surface area (Å²) >= 11 is 6.01. The summed E-state index contributed by atoms with van der Waals surface area (Å²) in [6.07, 6.45) is 1.37. The number of nitrogens with zero attached hydrogens (tertiary/aromatic N) is 2. The zero-order chi connectivity index (χ0) is 20.1. The average Bonchev–Trinajstić information content (AvgIpc) is 3.11. The van der Waals surface area contributed by atoms with E-state index in [2.05, 4.69) is 15.2 Å². The molecule has 0 aliphatic rings. The summed E-state index contributed by atoms with van der Waals surface area (Å²) in [5.74, 6) is -1.56. The molecule has 0 bridgehead atoms. The number of amides is 1. The maximum Gasteiger partial charge on any atom is 0.387 e. The molecule has 1 aromatic heterocycles. The number of ether oxygens (including phenoxy) is 2. The number of halogens is 4. The molecule has 3 rings (SSSR count). The van der Waals surface area contributed by atoms with Gasteiger partial charge in [0.15, 0.2) is 12.5 Å². The fraction of sp³-hybridized carbons (Fsp3) is 0.111. The number of para-hydroxylation sites is 1. The molecular weight excluding hydrogens is 399 g/mol. The average molecular weight is 412 g/mol. The summed E-state index contributed by atoms with van der Waals surface area (Å²) in [5.41, 5.74) is -0.0363. The van der Waals surface area contributed by atoms with Gasteiger partial charge in [-0.1, -0.05) is 23.7 Å². The third-order valence-electron chi connectivity index (χ3n) is 3.54. The second-order valence-electron chi connectivity index (χ2n) is 5.39. The molecule has 0 spiro atoms. The van der Waals surface area contributed by atoms with Crippen molar-refractivity contribution in [2.24, 2.45) is 0 Å². The van der Waals surface area contributed by atoms with Gasteiger partial charge in [-0.15, -0.1) is 0 Å². The van der Waals surface area contributed by atoms with Gasteiger partial charge >= 0.3 is 6.61 Å². The van der Waals surface area contributed by atoms with Crippen LogP contribution in [0, 0.1) is 5.82 Å². The molecule has 2 aromatic carbocycles. The summed E-state index contributed by atoms with van der Waals surface area (Å²) in [5, 5.41) is 6.76. The van der Waals surface area contributed by atoms with Crippen molar-refractivity contribution in [1.29, 1.82) is 0 Å². The molecule has 0 unspecified atom stereocenters. The minimum absolute atomic E-state index is 0.0828. The molecule has 0 saturated carbocycles. The summed E-state index contributed by atoms with van der Waals surface area (Å²) < 4.78 is 49.3. The lowest BCUT2D eigenvalue weighted by Gasteiger charge is -2.13. The van der Waals surface area contributed by atoms with E-state index in [1.807, 2.05) is 0 Å². The Kier molecular flexibility index (Phi) is 6.05. The highest BCUT2D eigenvalue weighted by molar-refractivity contribution is 6.32. The van der Waals surface area contributed by atoms with Crippen LogP contribution in [0.5, 0.6) is 11.5 Å². The van der Waals surface area contributed by atoms with Crippen molar-refractivity contribution < 1.29 is 27.4 Å². The smallest absolute Gasteiger partial charge is 0.387 e. The third kappa shape index (κ3) is 4.74. The van der Waals surface area contributed by atoms with Crippen molar-refractivity contribution in [3.05, 3.63) is 71.3 Å². The van der Waals surface area contributed by atoms with Crippen LogP contribution in [-0.4, -0.2) is 22.3 Å². The highest BCUT2D eigenvalue weighted by Gasteiger charge is 2.17. The van der Waals surface area contributed by atoms with E-state index in [-0.39, 0.29) is 18.1 Å². The van der Waals surface area contributed by atoms with Crippen LogP contribution in [0.3, 0.4) is 0 Å². The molecule has 0 fully saturated rings. The second kappa shape index (κ2) is 8.66. The molecule has 1 amide bonds. The molecule has 10 heteroatoms. The van der Waals surface area contributed by atoms with Crippen molar-refractivity contribution >= 4 is 23.2 Å². The van der Waals surface area contributed by atoms with Crippen LogP contribution in [0.2, 0.25) is 5.02 Å². The lowest BCUT2D eigenvalue weighted by atomic mass is 10.2. The normalized spacial score (nSPS) is 10.8. The van der Waals surface area contributed by atoms with Crippen LogP contribution < -0.4 is 14.8 Å². The first-order valence-corrected chi connectivity index (χ1v) is 8.26. The van der Waals surface area contributed by atoms with Crippen LogP contribution in [-0.2, 0) is 6.73 Å². The van der Waals surface area contributed by atoms with E-state index >= 15 is 0 Å². The molecule has 0 atom stereocenters. The Morgan fingerprint density at radius 3 is 2.71 bits per heavy atom. The molecule has 0 radical (unpaired) electrons. The van der Waals surface area contributed by atoms with Crippen LogP contribution in [0.4, 0.5) is 18.9 Å². The molecule has 6 nitrogen and oxygen atoms in total. The van der Waals surface area contributed by atoms with E-state index in [0.717, 1.165) is 18.2 Å². The van der Waals surface area contributed by atoms with Crippen LogP contribution >= 0.6 is 11.6 Å². The number of hydrogen-bond donors (Lipinski definition) is 1. The van der Waals surface area contributed by atoms with Gasteiger partial charge in [0.05, 0.1) is 10.7 Å². The van der Waals surface area contributed by atoms with Gasteiger partial charge in [-0.3, -0.25) is 4.79 Å². The Labute approximate surface area is 162 Å². The number of benzene rings is 2. The SMILES string of the molecule is O=C(Nc1ccc(F)cc1OC(F)F)c1ccnn1COc1ccccc1Cl. The summed E-state index contributed by atoms with van der Waals surface area (Å²) in [7, 11) is 0.